The topological polar surface area (TPSA) is 79.7 Å². The number of carbonyl (C=O) groups is 2. The fraction of sp³-hybridized carbons (Fsp3) is 0.588. The van der Waals surface area contributed by atoms with Crippen molar-refractivity contribution in [2.24, 2.45) is 5.41 Å². The minimum Gasteiger partial charge on any atom is -0.481 e. The van der Waals surface area contributed by atoms with Crippen LogP contribution in [0.15, 0.2) is 24.5 Å². The Labute approximate surface area is 136 Å². The number of carbonyl (C=O) groups excluding carboxylic acids is 1. The van der Waals surface area contributed by atoms with E-state index >= 15 is 0 Å². The number of aromatic nitrogens is 1. The summed E-state index contributed by atoms with van der Waals surface area (Å²) in [6, 6.07) is 3.77. The molecule has 1 N–H and O–H groups in total. The lowest BCUT2D eigenvalue weighted by Gasteiger charge is -2.27. The van der Waals surface area contributed by atoms with E-state index in [9.17, 15) is 14.7 Å². The molecule has 1 aromatic rings. The van der Waals surface area contributed by atoms with Crippen LogP contribution >= 0.6 is 0 Å². The molecule has 2 rings (SSSR count). The van der Waals surface area contributed by atoms with E-state index in [0.717, 1.165) is 5.56 Å². The molecular weight excluding hydrogens is 296 g/mol. The quantitative estimate of drug-likeness (QED) is 0.922. The van der Waals surface area contributed by atoms with Crippen LogP contribution in [0.1, 0.15) is 39.2 Å². The van der Waals surface area contributed by atoms with Gasteiger partial charge in [-0.1, -0.05) is 0 Å². The monoisotopic (exact) mass is 320 g/mol. The zero-order chi connectivity index (χ0) is 17.1. The van der Waals surface area contributed by atoms with Crippen LogP contribution in [-0.2, 0) is 16.0 Å². The third kappa shape index (κ3) is 4.43. The van der Waals surface area contributed by atoms with Gasteiger partial charge in [-0.05, 0) is 57.7 Å². The first-order valence-electron chi connectivity index (χ1n) is 7.82. The summed E-state index contributed by atoms with van der Waals surface area (Å²) in [5, 5.41) is 9.68. The van der Waals surface area contributed by atoms with E-state index in [2.05, 4.69) is 4.98 Å². The Morgan fingerprint density at radius 2 is 2.00 bits per heavy atom. The van der Waals surface area contributed by atoms with Gasteiger partial charge in [-0.15, -0.1) is 0 Å². The molecule has 1 unspecified atom stereocenters. The van der Waals surface area contributed by atoms with Crippen LogP contribution in [0, 0.1) is 5.41 Å². The Hall–Kier alpha value is -2.11. The summed E-state index contributed by atoms with van der Waals surface area (Å²) in [4.78, 5) is 29.4. The van der Waals surface area contributed by atoms with Gasteiger partial charge in [-0.3, -0.25) is 9.78 Å². The van der Waals surface area contributed by atoms with Crippen molar-refractivity contribution in [3.8, 4) is 0 Å². The Morgan fingerprint density at radius 3 is 2.57 bits per heavy atom. The van der Waals surface area contributed by atoms with Crippen LogP contribution in [-0.4, -0.2) is 45.7 Å². The number of rotatable bonds is 4. The molecule has 0 aliphatic carbocycles. The number of carboxylic acid groups (broad SMARTS) is 1. The van der Waals surface area contributed by atoms with Crippen LogP contribution in [0.25, 0.3) is 0 Å². The molecular formula is C17H24N2O4. The number of amides is 1. The Kier molecular flexibility index (Phi) is 4.92. The average molecular weight is 320 g/mol. The number of nitrogens with zero attached hydrogens (tertiary/aromatic N) is 2. The Balaban J connectivity index is 2.02. The summed E-state index contributed by atoms with van der Waals surface area (Å²) in [7, 11) is 0. The fourth-order valence-electron chi connectivity index (χ4n) is 2.77. The highest BCUT2D eigenvalue weighted by atomic mass is 16.6. The molecule has 23 heavy (non-hydrogen) atoms. The number of likely N-dealkylation sites (tertiary alicyclic amines) is 1. The minimum atomic E-state index is -0.903. The molecule has 0 saturated carbocycles. The summed E-state index contributed by atoms with van der Waals surface area (Å²) in [6.45, 7) is 6.01. The normalized spacial score (nSPS) is 21.3. The minimum absolute atomic E-state index is 0.197. The maximum atomic E-state index is 12.1. The van der Waals surface area contributed by atoms with Crippen LogP contribution in [0.5, 0.6) is 0 Å². The summed E-state index contributed by atoms with van der Waals surface area (Å²) in [6.07, 6.45) is 4.55. The van der Waals surface area contributed by atoms with Gasteiger partial charge < -0.3 is 14.7 Å². The highest BCUT2D eigenvalue weighted by Crippen LogP contribution is 2.36. The molecule has 1 amide bonds. The molecule has 0 radical (unpaired) electrons. The third-order valence-electron chi connectivity index (χ3n) is 4.10. The molecule has 0 aromatic carbocycles. The molecule has 1 atom stereocenters. The van der Waals surface area contributed by atoms with E-state index in [1.165, 1.54) is 4.90 Å². The van der Waals surface area contributed by atoms with Gasteiger partial charge in [-0.2, -0.15) is 0 Å². The summed E-state index contributed by atoms with van der Waals surface area (Å²) < 4.78 is 5.34. The second-order valence-corrected chi connectivity index (χ2v) is 7.09. The standard InChI is InChI=1S/C17H24N2O4/c1-16(2,3)23-15(22)19-11-8-17(12-19,14(20)21)7-4-13-5-9-18-10-6-13/h5-6,9-10H,4,7-8,11-12H2,1-3H3,(H,20,21). The fourth-order valence-corrected chi connectivity index (χ4v) is 2.77. The lowest BCUT2D eigenvalue weighted by Crippen LogP contribution is -2.39. The van der Waals surface area contributed by atoms with E-state index in [1.54, 1.807) is 33.2 Å². The van der Waals surface area contributed by atoms with Crippen molar-refractivity contribution in [1.29, 1.82) is 0 Å². The number of aryl methyl sites for hydroxylation is 1. The second-order valence-electron chi connectivity index (χ2n) is 7.09. The molecule has 0 bridgehead atoms. The molecule has 6 nitrogen and oxygen atoms in total. The van der Waals surface area contributed by atoms with Gasteiger partial charge in [0.05, 0.1) is 5.41 Å². The molecule has 1 fully saturated rings. The molecule has 1 aromatic heterocycles. The van der Waals surface area contributed by atoms with Gasteiger partial charge in [0.15, 0.2) is 0 Å². The zero-order valence-electron chi connectivity index (χ0n) is 13.9. The molecule has 1 saturated heterocycles. The number of pyridine rings is 1. The number of carboxylic acids is 1. The van der Waals surface area contributed by atoms with E-state index in [0.29, 0.717) is 25.8 Å². The predicted octanol–water partition coefficient (Wildman–Crippen LogP) is 2.73. The number of ether oxygens (including phenoxy) is 1. The molecule has 126 valence electrons. The SMILES string of the molecule is CC(C)(C)OC(=O)N1CCC(CCc2ccncc2)(C(=O)O)C1. The lowest BCUT2D eigenvalue weighted by molar-refractivity contribution is -0.148. The first-order chi connectivity index (χ1) is 10.7. The third-order valence-corrected chi connectivity index (χ3v) is 4.10. The number of hydrogen-bond acceptors (Lipinski definition) is 4. The van der Waals surface area contributed by atoms with Gasteiger partial charge in [0.25, 0.3) is 0 Å². The van der Waals surface area contributed by atoms with Crippen LogP contribution in [0.3, 0.4) is 0 Å². The van der Waals surface area contributed by atoms with E-state index in [-0.39, 0.29) is 6.54 Å². The number of aliphatic carboxylic acids is 1. The molecule has 0 spiro atoms. The van der Waals surface area contributed by atoms with Crippen molar-refractivity contribution in [1.82, 2.24) is 9.88 Å². The second kappa shape index (κ2) is 6.56. The van der Waals surface area contributed by atoms with Crippen molar-refractivity contribution in [2.45, 2.75) is 45.6 Å². The first-order valence-corrected chi connectivity index (χ1v) is 7.82. The van der Waals surface area contributed by atoms with Crippen molar-refractivity contribution in [2.75, 3.05) is 13.1 Å². The van der Waals surface area contributed by atoms with Crippen LogP contribution in [0.4, 0.5) is 4.79 Å². The molecule has 1 aliphatic rings. The Morgan fingerprint density at radius 1 is 1.35 bits per heavy atom. The highest BCUT2D eigenvalue weighted by molar-refractivity contribution is 5.78. The molecule has 6 heteroatoms. The zero-order valence-corrected chi connectivity index (χ0v) is 13.9. The van der Waals surface area contributed by atoms with Crippen molar-refractivity contribution in [3.05, 3.63) is 30.1 Å². The van der Waals surface area contributed by atoms with Gasteiger partial charge in [0, 0.05) is 25.5 Å². The first kappa shape index (κ1) is 17.2. The van der Waals surface area contributed by atoms with Crippen molar-refractivity contribution >= 4 is 12.1 Å². The van der Waals surface area contributed by atoms with Crippen LogP contribution in [0.2, 0.25) is 0 Å². The lowest BCUT2D eigenvalue weighted by atomic mass is 9.81. The van der Waals surface area contributed by atoms with E-state index in [4.69, 9.17) is 4.74 Å². The van der Waals surface area contributed by atoms with Gasteiger partial charge >= 0.3 is 12.1 Å². The maximum absolute atomic E-state index is 12.1. The predicted molar refractivity (Wildman–Crippen MR) is 85.1 cm³/mol. The van der Waals surface area contributed by atoms with Gasteiger partial charge in [-0.25, -0.2) is 4.79 Å². The van der Waals surface area contributed by atoms with Gasteiger partial charge in [0.1, 0.15) is 5.60 Å². The highest BCUT2D eigenvalue weighted by Gasteiger charge is 2.46. The smallest absolute Gasteiger partial charge is 0.410 e. The van der Waals surface area contributed by atoms with E-state index < -0.39 is 23.1 Å². The molecule has 2 heterocycles. The van der Waals surface area contributed by atoms with Crippen molar-refractivity contribution < 1.29 is 19.4 Å². The largest absolute Gasteiger partial charge is 0.481 e. The average Bonchev–Trinajstić information content (AvgIpc) is 2.90. The van der Waals surface area contributed by atoms with Crippen LogP contribution < -0.4 is 0 Å². The maximum Gasteiger partial charge on any atom is 0.410 e. The molecule has 1 aliphatic heterocycles. The summed E-state index contributed by atoms with van der Waals surface area (Å²) in [5.74, 6) is -0.849. The Bertz CT molecular complexity index is 568. The van der Waals surface area contributed by atoms with E-state index in [1.807, 2.05) is 12.1 Å². The summed E-state index contributed by atoms with van der Waals surface area (Å²) >= 11 is 0. The van der Waals surface area contributed by atoms with Crippen molar-refractivity contribution in [3.63, 3.8) is 0 Å². The summed E-state index contributed by atoms with van der Waals surface area (Å²) in [5.41, 5.74) is -0.431. The van der Waals surface area contributed by atoms with Gasteiger partial charge in [0.2, 0.25) is 0 Å². The number of hydrogen-bond donors (Lipinski definition) is 1.